The van der Waals surface area contributed by atoms with Gasteiger partial charge in [-0.25, -0.2) is 4.39 Å². The number of nitrogens with zero attached hydrogens (tertiary/aromatic N) is 2. The van der Waals surface area contributed by atoms with Gasteiger partial charge < -0.3 is 0 Å². The first kappa shape index (κ1) is 15.2. The van der Waals surface area contributed by atoms with Gasteiger partial charge in [0.25, 0.3) is 0 Å². The molecule has 0 unspecified atom stereocenters. The highest BCUT2D eigenvalue weighted by Gasteiger charge is 2.09. The monoisotopic (exact) mass is 309 g/mol. The summed E-state index contributed by atoms with van der Waals surface area (Å²) in [5.41, 5.74) is -0.980. The fourth-order valence-corrected chi connectivity index (χ4v) is 2.39. The van der Waals surface area contributed by atoms with Crippen molar-refractivity contribution in [2.24, 2.45) is 7.05 Å². The van der Waals surface area contributed by atoms with E-state index in [0.29, 0.717) is 5.56 Å². The lowest BCUT2D eigenvalue weighted by Gasteiger charge is -2.05. The molecule has 0 radical (unpaired) electrons. The number of hydrogen-bond acceptors (Lipinski definition) is 5. The van der Waals surface area contributed by atoms with Gasteiger partial charge in [0.2, 0.25) is 0 Å². The lowest BCUT2D eigenvalue weighted by atomic mass is 10.1. The van der Waals surface area contributed by atoms with Crippen molar-refractivity contribution in [1.29, 1.82) is 0 Å². The largest absolute Gasteiger partial charge is 0.339 e. The first-order chi connectivity index (χ1) is 9.95. The van der Waals surface area contributed by atoms with E-state index in [1.807, 2.05) is 0 Å². The number of Topliss-reactive ketones (excluding diaryl/α,β-unsaturated/α-hetero) is 1. The number of carbonyl (C=O) groups excluding carboxylic acids is 1. The average Bonchev–Trinajstić information content (AvgIpc) is 2.44. The Labute approximate surface area is 123 Å². The van der Waals surface area contributed by atoms with Gasteiger partial charge in [-0.15, -0.1) is 0 Å². The van der Waals surface area contributed by atoms with Crippen molar-refractivity contribution in [1.82, 2.24) is 14.8 Å². The second kappa shape index (κ2) is 6.49. The molecule has 1 aromatic carbocycles. The predicted octanol–water partition coefficient (Wildman–Crippen LogP) is 0.512. The normalized spacial score (nSPS) is 10.6. The van der Waals surface area contributed by atoms with Crippen LogP contribution in [0.25, 0.3) is 0 Å². The molecule has 0 amide bonds. The van der Waals surface area contributed by atoms with E-state index in [-0.39, 0.29) is 28.9 Å². The topological polar surface area (TPSA) is 84.8 Å². The van der Waals surface area contributed by atoms with Crippen molar-refractivity contribution in [3.05, 3.63) is 56.4 Å². The van der Waals surface area contributed by atoms with Crippen LogP contribution in [0, 0.1) is 5.82 Å². The highest BCUT2D eigenvalue weighted by molar-refractivity contribution is 7.99. The highest BCUT2D eigenvalue weighted by Crippen LogP contribution is 2.13. The zero-order chi connectivity index (χ0) is 15.4. The second-order valence-electron chi connectivity index (χ2n) is 4.33. The van der Waals surface area contributed by atoms with Gasteiger partial charge in [0.15, 0.2) is 5.16 Å². The van der Waals surface area contributed by atoms with Gasteiger partial charge in [-0.2, -0.15) is 4.98 Å². The van der Waals surface area contributed by atoms with Crippen molar-refractivity contribution >= 4 is 17.5 Å². The van der Waals surface area contributed by atoms with Crippen molar-refractivity contribution < 1.29 is 9.18 Å². The molecule has 0 aliphatic rings. The smallest absolute Gasteiger partial charge is 0.298 e. The molecule has 0 bridgehead atoms. The molecule has 0 atom stereocenters. The molecule has 0 fully saturated rings. The number of halogens is 1. The quantitative estimate of drug-likeness (QED) is 0.642. The van der Waals surface area contributed by atoms with Crippen LogP contribution in [-0.4, -0.2) is 26.3 Å². The molecule has 1 N–H and O–H groups in total. The van der Waals surface area contributed by atoms with Gasteiger partial charge >= 0.3 is 11.1 Å². The Morgan fingerprint density at radius 2 is 2.00 bits per heavy atom. The summed E-state index contributed by atoms with van der Waals surface area (Å²) in [5, 5.41) is 2.56. The van der Waals surface area contributed by atoms with Crippen LogP contribution in [0.2, 0.25) is 0 Å². The molecule has 110 valence electrons. The minimum absolute atomic E-state index is 0.0907. The van der Waals surface area contributed by atoms with Crippen molar-refractivity contribution in [2.75, 3.05) is 5.75 Å². The van der Waals surface area contributed by atoms with Crippen LogP contribution in [0.4, 0.5) is 4.39 Å². The number of ketones is 1. The molecule has 1 heterocycles. The maximum atomic E-state index is 12.7. The minimum Gasteiger partial charge on any atom is -0.298 e. The number of aromatic amines is 1. The standard InChI is InChI=1S/C13H12FN3O3S/c1-17-13(15-11(19)12(20)16-17)21-7-10(18)6-8-2-4-9(14)5-3-8/h2-5H,6-7H2,1H3,(H,16,20). The Bertz CT molecular complexity index is 767. The Balaban J connectivity index is 1.98. The van der Waals surface area contributed by atoms with Gasteiger partial charge in [-0.05, 0) is 17.7 Å². The fraction of sp³-hybridized carbons (Fsp3) is 0.231. The second-order valence-corrected chi connectivity index (χ2v) is 5.27. The zero-order valence-corrected chi connectivity index (χ0v) is 11.9. The third kappa shape index (κ3) is 4.12. The number of benzene rings is 1. The Morgan fingerprint density at radius 3 is 2.67 bits per heavy atom. The number of rotatable bonds is 5. The molecular formula is C13H12FN3O3S. The van der Waals surface area contributed by atoms with E-state index in [9.17, 15) is 18.8 Å². The van der Waals surface area contributed by atoms with Gasteiger partial charge in [0.05, 0.1) is 5.75 Å². The van der Waals surface area contributed by atoms with E-state index in [1.165, 1.54) is 23.9 Å². The molecule has 0 aliphatic carbocycles. The molecule has 8 heteroatoms. The molecule has 0 saturated heterocycles. The van der Waals surface area contributed by atoms with Crippen LogP contribution in [-0.2, 0) is 18.3 Å². The lowest BCUT2D eigenvalue weighted by molar-refractivity contribution is -0.116. The number of nitrogens with one attached hydrogen (secondary N) is 1. The van der Waals surface area contributed by atoms with E-state index in [2.05, 4.69) is 10.1 Å². The number of hydrogen-bond donors (Lipinski definition) is 1. The summed E-state index contributed by atoms with van der Waals surface area (Å²) in [6, 6.07) is 5.68. The third-order valence-electron chi connectivity index (χ3n) is 2.62. The molecule has 6 nitrogen and oxygen atoms in total. The van der Waals surface area contributed by atoms with Gasteiger partial charge in [0.1, 0.15) is 11.6 Å². The van der Waals surface area contributed by atoms with Crippen LogP contribution < -0.4 is 11.1 Å². The molecule has 2 aromatic rings. The van der Waals surface area contributed by atoms with Gasteiger partial charge in [0, 0.05) is 13.5 Å². The van der Waals surface area contributed by atoms with Crippen molar-refractivity contribution in [3.8, 4) is 0 Å². The first-order valence-corrected chi connectivity index (χ1v) is 7.00. The number of thioether (sulfide) groups is 1. The summed E-state index contributed by atoms with van der Waals surface area (Å²) < 4.78 is 14.0. The van der Waals surface area contributed by atoms with Gasteiger partial charge in [-0.3, -0.25) is 24.2 Å². The van der Waals surface area contributed by atoms with Gasteiger partial charge in [-0.1, -0.05) is 23.9 Å². The molecule has 2 rings (SSSR count). The summed E-state index contributed by atoms with van der Waals surface area (Å²) in [5.74, 6) is -0.343. The number of carbonyl (C=O) groups is 1. The summed E-state index contributed by atoms with van der Waals surface area (Å²) in [6.07, 6.45) is 0.171. The molecule has 0 aliphatic heterocycles. The molecule has 1 aromatic heterocycles. The van der Waals surface area contributed by atoms with E-state index < -0.39 is 11.1 Å². The lowest BCUT2D eigenvalue weighted by Crippen LogP contribution is -2.34. The summed E-state index contributed by atoms with van der Waals surface area (Å²) in [4.78, 5) is 37.6. The van der Waals surface area contributed by atoms with Crippen LogP contribution in [0.15, 0.2) is 39.0 Å². The highest BCUT2D eigenvalue weighted by atomic mass is 32.2. The minimum atomic E-state index is -0.887. The summed E-state index contributed by atoms with van der Waals surface area (Å²) in [7, 11) is 1.53. The molecular weight excluding hydrogens is 297 g/mol. The Hall–Kier alpha value is -2.22. The maximum Gasteiger partial charge on any atom is 0.339 e. The van der Waals surface area contributed by atoms with Crippen LogP contribution >= 0.6 is 11.8 Å². The van der Waals surface area contributed by atoms with Crippen molar-refractivity contribution in [2.45, 2.75) is 11.6 Å². The first-order valence-electron chi connectivity index (χ1n) is 6.02. The molecule has 21 heavy (non-hydrogen) atoms. The fourth-order valence-electron chi connectivity index (χ4n) is 1.62. The van der Waals surface area contributed by atoms with Crippen LogP contribution in [0.1, 0.15) is 5.56 Å². The SMILES string of the molecule is Cn1[nH]c(=O)c(=O)nc1SCC(=O)Cc1ccc(F)cc1. The van der Waals surface area contributed by atoms with E-state index >= 15 is 0 Å². The average molecular weight is 309 g/mol. The number of H-pyrrole nitrogens is 1. The third-order valence-corrected chi connectivity index (χ3v) is 3.71. The zero-order valence-electron chi connectivity index (χ0n) is 11.1. The maximum absolute atomic E-state index is 12.7. The number of aromatic nitrogens is 3. The molecule has 0 saturated carbocycles. The Morgan fingerprint density at radius 1 is 1.33 bits per heavy atom. The molecule has 0 spiro atoms. The Kier molecular flexibility index (Phi) is 4.69. The predicted molar refractivity (Wildman–Crippen MR) is 75.9 cm³/mol. The summed E-state index contributed by atoms with van der Waals surface area (Å²) in [6.45, 7) is 0. The van der Waals surface area contributed by atoms with E-state index in [0.717, 1.165) is 11.8 Å². The number of aryl methyl sites for hydroxylation is 1. The van der Waals surface area contributed by atoms with Crippen LogP contribution in [0.5, 0.6) is 0 Å². The van der Waals surface area contributed by atoms with Crippen molar-refractivity contribution in [3.63, 3.8) is 0 Å². The van der Waals surface area contributed by atoms with E-state index in [4.69, 9.17) is 0 Å². The van der Waals surface area contributed by atoms with E-state index in [1.54, 1.807) is 12.1 Å². The van der Waals surface area contributed by atoms with Crippen LogP contribution in [0.3, 0.4) is 0 Å². The summed E-state index contributed by atoms with van der Waals surface area (Å²) >= 11 is 1.06.